The minimum atomic E-state index is -3.79. The number of nitrogens with zero attached hydrogens (tertiary/aromatic N) is 2. The zero-order valence-electron chi connectivity index (χ0n) is 18.7. The van der Waals surface area contributed by atoms with Crippen molar-refractivity contribution in [3.05, 3.63) is 89.0 Å². The van der Waals surface area contributed by atoms with Crippen molar-refractivity contribution in [3.63, 3.8) is 0 Å². The Kier molecular flexibility index (Phi) is 7.48. The molecule has 0 atom stereocenters. The van der Waals surface area contributed by atoms with E-state index in [1.54, 1.807) is 60.7 Å². The number of amides is 1. The highest BCUT2D eigenvalue weighted by Crippen LogP contribution is 2.20. The van der Waals surface area contributed by atoms with Crippen molar-refractivity contribution in [2.45, 2.75) is 25.3 Å². The number of nitrogens with one attached hydrogen (secondary N) is 1. The van der Waals surface area contributed by atoms with Gasteiger partial charge in [-0.2, -0.15) is 9.57 Å². The Hall–Kier alpha value is -3.67. The first-order valence-corrected chi connectivity index (χ1v) is 11.7. The van der Waals surface area contributed by atoms with E-state index < -0.39 is 15.9 Å². The zero-order chi connectivity index (χ0) is 24.0. The van der Waals surface area contributed by atoms with Gasteiger partial charge in [-0.3, -0.25) is 4.79 Å². The first kappa shape index (κ1) is 24.0. The topological polar surface area (TPSA) is 99.5 Å². The molecule has 0 aliphatic carbocycles. The highest BCUT2D eigenvalue weighted by molar-refractivity contribution is 7.89. The van der Waals surface area contributed by atoms with Gasteiger partial charge in [0.25, 0.3) is 0 Å². The smallest absolute Gasteiger partial charge is 0.243 e. The van der Waals surface area contributed by atoms with E-state index in [9.17, 15) is 13.2 Å². The van der Waals surface area contributed by atoms with Gasteiger partial charge in [0.2, 0.25) is 15.9 Å². The lowest BCUT2D eigenvalue weighted by Gasteiger charge is -2.18. The van der Waals surface area contributed by atoms with E-state index >= 15 is 0 Å². The number of nitriles is 1. The Balaban J connectivity index is 1.62. The number of hydrogen-bond donors (Lipinski definition) is 1. The van der Waals surface area contributed by atoms with Gasteiger partial charge in [0.05, 0.1) is 23.1 Å². The standard InChI is InChI=1S/C25H25N3O4S/c1-18-10-11-24(12-19(18)2)33(30,31)28(3)16-25(29)27-22-8-5-9-23(14-22)32-17-21-7-4-6-20(13-21)15-26/h4-14H,16-17H2,1-3H3,(H,27,29). The molecule has 0 heterocycles. The molecule has 0 aliphatic rings. The number of carbonyl (C=O) groups is 1. The van der Waals surface area contributed by atoms with Crippen LogP contribution in [0.25, 0.3) is 0 Å². The van der Waals surface area contributed by atoms with Crippen molar-refractivity contribution >= 4 is 21.6 Å². The van der Waals surface area contributed by atoms with Crippen LogP contribution in [0.5, 0.6) is 5.75 Å². The molecule has 7 nitrogen and oxygen atoms in total. The van der Waals surface area contributed by atoms with Crippen molar-refractivity contribution in [2.24, 2.45) is 0 Å². The highest BCUT2D eigenvalue weighted by atomic mass is 32.2. The molecule has 0 saturated carbocycles. The second-order valence-electron chi connectivity index (χ2n) is 7.68. The number of anilines is 1. The Bertz CT molecular complexity index is 1310. The molecular weight excluding hydrogens is 438 g/mol. The molecule has 3 aromatic rings. The van der Waals surface area contributed by atoms with Crippen LogP contribution in [0.1, 0.15) is 22.3 Å². The van der Waals surface area contributed by atoms with E-state index in [1.165, 1.54) is 7.05 Å². The van der Waals surface area contributed by atoms with Gasteiger partial charge in [-0.15, -0.1) is 0 Å². The van der Waals surface area contributed by atoms with Gasteiger partial charge in [-0.1, -0.05) is 24.3 Å². The van der Waals surface area contributed by atoms with E-state index in [2.05, 4.69) is 11.4 Å². The lowest BCUT2D eigenvalue weighted by Crippen LogP contribution is -2.35. The number of hydrogen-bond acceptors (Lipinski definition) is 5. The van der Waals surface area contributed by atoms with E-state index in [0.717, 1.165) is 21.0 Å². The second-order valence-corrected chi connectivity index (χ2v) is 9.73. The van der Waals surface area contributed by atoms with Crippen LogP contribution >= 0.6 is 0 Å². The van der Waals surface area contributed by atoms with Gasteiger partial charge in [0, 0.05) is 18.8 Å². The number of rotatable bonds is 8. The molecular formula is C25H25N3O4S. The summed E-state index contributed by atoms with van der Waals surface area (Å²) >= 11 is 0. The summed E-state index contributed by atoms with van der Waals surface area (Å²) in [5.74, 6) is 0.0649. The molecule has 0 spiro atoms. The second kappa shape index (κ2) is 10.3. The molecule has 0 radical (unpaired) electrons. The van der Waals surface area contributed by atoms with Crippen LogP contribution in [0.4, 0.5) is 5.69 Å². The summed E-state index contributed by atoms with van der Waals surface area (Å²) in [5, 5.41) is 11.7. The van der Waals surface area contributed by atoms with Crippen LogP contribution < -0.4 is 10.1 Å². The number of benzene rings is 3. The maximum atomic E-state index is 12.8. The molecule has 3 aromatic carbocycles. The van der Waals surface area contributed by atoms with Gasteiger partial charge in [0.15, 0.2) is 0 Å². The Morgan fingerprint density at radius 2 is 1.79 bits per heavy atom. The molecule has 1 amide bonds. The fourth-order valence-electron chi connectivity index (χ4n) is 3.10. The zero-order valence-corrected chi connectivity index (χ0v) is 19.5. The Morgan fingerprint density at radius 1 is 1.03 bits per heavy atom. The number of aryl methyl sites for hydroxylation is 2. The van der Waals surface area contributed by atoms with Crippen molar-refractivity contribution in [2.75, 3.05) is 18.9 Å². The molecule has 170 valence electrons. The minimum absolute atomic E-state index is 0.150. The van der Waals surface area contributed by atoms with Gasteiger partial charge in [-0.25, -0.2) is 8.42 Å². The third kappa shape index (κ3) is 6.19. The minimum Gasteiger partial charge on any atom is -0.489 e. The van der Waals surface area contributed by atoms with Crippen LogP contribution in [0.2, 0.25) is 0 Å². The van der Waals surface area contributed by atoms with Crippen LogP contribution in [0, 0.1) is 25.2 Å². The summed E-state index contributed by atoms with van der Waals surface area (Å²) < 4.78 is 32.4. The maximum Gasteiger partial charge on any atom is 0.243 e. The number of sulfonamides is 1. The highest BCUT2D eigenvalue weighted by Gasteiger charge is 2.23. The van der Waals surface area contributed by atoms with Crippen LogP contribution in [-0.2, 0) is 21.4 Å². The molecule has 1 N–H and O–H groups in total. The Labute approximate surface area is 194 Å². The molecule has 0 unspecified atom stereocenters. The van der Waals surface area contributed by atoms with Crippen LogP contribution in [-0.4, -0.2) is 32.2 Å². The fourth-order valence-corrected chi connectivity index (χ4v) is 4.32. The summed E-state index contributed by atoms with van der Waals surface area (Å²) in [6.45, 7) is 3.69. The predicted octanol–water partition coefficient (Wildman–Crippen LogP) is 4.01. The van der Waals surface area contributed by atoms with E-state index in [1.807, 2.05) is 19.9 Å². The van der Waals surface area contributed by atoms with Crippen molar-refractivity contribution < 1.29 is 17.9 Å². The molecule has 0 aliphatic heterocycles. The summed E-state index contributed by atoms with van der Waals surface area (Å²) in [7, 11) is -2.42. The average Bonchev–Trinajstić information content (AvgIpc) is 2.79. The number of carbonyl (C=O) groups excluding carboxylic acids is 1. The van der Waals surface area contributed by atoms with Crippen LogP contribution in [0.15, 0.2) is 71.6 Å². The Morgan fingerprint density at radius 3 is 2.52 bits per heavy atom. The molecule has 0 bridgehead atoms. The van der Waals surface area contributed by atoms with E-state index in [4.69, 9.17) is 10.00 Å². The van der Waals surface area contributed by atoms with Gasteiger partial charge in [0.1, 0.15) is 12.4 Å². The number of ether oxygens (including phenoxy) is 1. The average molecular weight is 464 g/mol. The molecule has 0 fully saturated rings. The van der Waals surface area contributed by atoms with Crippen molar-refractivity contribution in [1.29, 1.82) is 5.26 Å². The molecule has 3 rings (SSSR count). The summed E-state index contributed by atoms with van der Waals surface area (Å²) in [5.41, 5.74) is 3.75. The SMILES string of the molecule is Cc1ccc(S(=O)(=O)N(C)CC(=O)Nc2cccc(OCc3cccc(C#N)c3)c2)cc1C. The van der Waals surface area contributed by atoms with Gasteiger partial charge in [-0.05, 0) is 66.9 Å². The molecule has 0 aromatic heterocycles. The summed E-state index contributed by atoms with van der Waals surface area (Å²) in [4.78, 5) is 12.6. The first-order valence-electron chi connectivity index (χ1n) is 10.2. The van der Waals surface area contributed by atoms with Crippen LogP contribution in [0.3, 0.4) is 0 Å². The first-order chi connectivity index (χ1) is 15.7. The van der Waals surface area contributed by atoms with E-state index in [-0.39, 0.29) is 18.0 Å². The van der Waals surface area contributed by atoms with Crippen molar-refractivity contribution in [3.8, 4) is 11.8 Å². The van der Waals surface area contributed by atoms with Gasteiger partial charge < -0.3 is 10.1 Å². The quantitative estimate of drug-likeness (QED) is 0.544. The lowest BCUT2D eigenvalue weighted by molar-refractivity contribution is -0.116. The molecule has 8 heteroatoms. The predicted molar refractivity (Wildman–Crippen MR) is 126 cm³/mol. The lowest BCUT2D eigenvalue weighted by atomic mass is 10.1. The summed E-state index contributed by atoms with van der Waals surface area (Å²) in [6.07, 6.45) is 0. The molecule has 33 heavy (non-hydrogen) atoms. The monoisotopic (exact) mass is 463 g/mol. The largest absolute Gasteiger partial charge is 0.489 e. The third-order valence-electron chi connectivity index (χ3n) is 5.13. The normalized spacial score (nSPS) is 11.1. The van der Waals surface area contributed by atoms with Gasteiger partial charge >= 0.3 is 0 Å². The van der Waals surface area contributed by atoms with E-state index in [0.29, 0.717) is 17.0 Å². The molecule has 0 saturated heterocycles. The fraction of sp³-hybridized carbons (Fsp3) is 0.200. The van der Waals surface area contributed by atoms with Crippen molar-refractivity contribution in [1.82, 2.24) is 4.31 Å². The third-order valence-corrected chi connectivity index (χ3v) is 6.93. The maximum absolute atomic E-state index is 12.8. The number of likely N-dealkylation sites (N-methyl/N-ethyl adjacent to an activating group) is 1. The summed E-state index contributed by atoms with van der Waals surface area (Å²) in [6, 6.07) is 20.9.